The fourth-order valence-corrected chi connectivity index (χ4v) is 4.15. The van der Waals surface area contributed by atoms with Crippen molar-refractivity contribution in [3.63, 3.8) is 0 Å². The van der Waals surface area contributed by atoms with Gasteiger partial charge in [0.1, 0.15) is 11.0 Å². The summed E-state index contributed by atoms with van der Waals surface area (Å²) in [6, 6.07) is 0.262. The van der Waals surface area contributed by atoms with Crippen LogP contribution in [0.4, 0.5) is 5.69 Å². The minimum atomic E-state index is -0.444. The second-order valence-corrected chi connectivity index (χ2v) is 8.71. The molecule has 1 aromatic rings. The quantitative estimate of drug-likeness (QED) is 0.704. The first-order valence-electron chi connectivity index (χ1n) is 8.93. The van der Waals surface area contributed by atoms with Gasteiger partial charge in [0, 0.05) is 6.04 Å². The number of amides is 1. The number of halogens is 1. The summed E-state index contributed by atoms with van der Waals surface area (Å²) >= 11 is 3.36. The molecule has 2 rings (SSSR count). The van der Waals surface area contributed by atoms with Crippen LogP contribution in [-0.2, 0) is 16.2 Å². The molecule has 2 N–H and O–H groups in total. The lowest BCUT2D eigenvalue weighted by Gasteiger charge is -2.50. The molecule has 1 heterocycles. The van der Waals surface area contributed by atoms with Crippen LogP contribution in [0.15, 0.2) is 15.5 Å². The van der Waals surface area contributed by atoms with E-state index in [0.717, 1.165) is 11.1 Å². The van der Waals surface area contributed by atoms with E-state index in [1.165, 1.54) is 7.11 Å². The van der Waals surface area contributed by atoms with Crippen LogP contribution in [0.3, 0.4) is 0 Å². The van der Waals surface area contributed by atoms with Gasteiger partial charge in [-0.1, -0.05) is 34.6 Å². The van der Waals surface area contributed by atoms with Gasteiger partial charge in [0.25, 0.3) is 11.5 Å². The molecule has 0 spiro atoms. The van der Waals surface area contributed by atoms with E-state index in [2.05, 4.69) is 71.3 Å². The number of hydrogen-bond donors (Lipinski definition) is 2. The fraction of sp³-hybridized carbons (Fsp3) is 0.722. The number of carbonyl (C=O) groups excluding carboxylic acids is 1. The number of nitrogens with zero attached hydrogens (tertiary/aromatic N) is 2. The number of hydroxylamine groups is 1. The average Bonchev–Trinajstić information content (AvgIpc) is 2.58. The van der Waals surface area contributed by atoms with Crippen LogP contribution in [0.25, 0.3) is 0 Å². The van der Waals surface area contributed by atoms with Gasteiger partial charge in [0.2, 0.25) is 0 Å². The Bertz CT molecular complexity index is 719. The summed E-state index contributed by atoms with van der Waals surface area (Å²) in [4.78, 5) is 28.6. The smallest absolute Gasteiger partial charge is 0.283 e. The summed E-state index contributed by atoms with van der Waals surface area (Å²) in [5, 5.41) is 7.61. The molecule has 1 aliphatic rings. The molecule has 7 nitrogen and oxygen atoms in total. The van der Waals surface area contributed by atoms with Crippen molar-refractivity contribution in [2.24, 2.45) is 23.2 Å². The highest BCUT2D eigenvalue weighted by Crippen LogP contribution is 2.48. The fourth-order valence-electron chi connectivity index (χ4n) is 3.72. The van der Waals surface area contributed by atoms with Crippen molar-refractivity contribution in [1.82, 2.24) is 15.3 Å². The molecule has 146 valence electrons. The lowest BCUT2D eigenvalue weighted by molar-refractivity contribution is -0.132. The Hall–Kier alpha value is -1.41. The van der Waals surface area contributed by atoms with E-state index in [9.17, 15) is 9.59 Å². The Kier molecular flexibility index (Phi) is 6.50. The van der Waals surface area contributed by atoms with Crippen molar-refractivity contribution >= 4 is 27.5 Å². The lowest BCUT2D eigenvalue weighted by atomic mass is 9.58. The third-order valence-corrected chi connectivity index (χ3v) is 7.08. The summed E-state index contributed by atoms with van der Waals surface area (Å²) in [6.45, 7) is 11.3. The average molecular weight is 429 g/mol. The first kappa shape index (κ1) is 20.9. The maximum atomic E-state index is 12.5. The van der Waals surface area contributed by atoms with Crippen LogP contribution in [0.2, 0.25) is 0 Å². The van der Waals surface area contributed by atoms with Crippen LogP contribution in [0.5, 0.6) is 0 Å². The SMILES string of the molecule is CONC(=O)Cn1ncc(N[C@@H]2C[C@H](C)C(C)(C)[C@H](C)[C@H]2C)c(Br)c1=O. The second-order valence-electron chi connectivity index (χ2n) is 7.92. The molecule has 4 atom stereocenters. The molecule has 1 amide bonds. The summed E-state index contributed by atoms with van der Waals surface area (Å²) in [5.41, 5.74) is 2.76. The zero-order valence-corrected chi connectivity index (χ0v) is 17.9. The molecule has 0 bridgehead atoms. The first-order valence-corrected chi connectivity index (χ1v) is 9.72. The maximum Gasteiger partial charge on any atom is 0.283 e. The molecule has 1 saturated carbocycles. The van der Waals surface area contributed by atoms with Crippen molar-refractivity contribution in [1.29, 1.82) is 0 Å². The molecular weight excluding hydrogens is 400 g/mol. The summed E-state index contributed by atoms with van der Waals surface area (Å²) in [6.07, 6.45) is 2.62. The van der Waals surface area contributed by atoms with Gasteiger partial charge in [0.15, 0.2) is 0 Å². The Morgan fingerprint density at radius 3 is 2.69 bits per heavy atom. The number of rotatable bonds is 5. The van der Waals surface area contributed by atoms with Crippen LogP contribution in [0.1, 0.15) is 41.0 Å². The van der Waals surface area contributed by atoms with Crippen LogP contribution in [0, 0.1) is 23.2 Å². The van der Waals surface area contributed by atoms with Gasteiger partial charge < -0.3 is 5.32 Å². The zero-order valence-electron chi connectivity index (χ0n) is 16.3. The summed E-state index contributed by atoms with van der Waals surface area (Å²) in [5.74, 6) is 1.13. The molecule has 1 fully saturated rings. The molecule has 0 aromatic carbocycles. The van der Waals surface area contributed by atoms with Gasteiger partial charge >= 0.3 is 0 Å². The maximum absolute atomic E-state index is 12.5. The van der Waals surface area contributed by atoms with Crippen molar-refractivity contribution in [3.8, 4) is 0 Å². The van der Waals surface area contributed by atoms with E-state index in [0.29, 0.717) is 27.9 Å². The van der Waals surface area contributed by atoms with Crippen molar-refractivity contribution in [3.05, 3.63) is 21.0 Å². The second kappa shape index (κ2) is 8.08. The Morgan fingerprint density at radius 2 is 2.08 bits per heavy atom. The van der Waals surface area contributed by atoms with E-state index in [1.807, 2.05) is 0 Å². The Balaban J connectivity index is 2.19. The summed E-state index contributed by atoms with van der Waals surface area (Å²) < 4.78 is 1.48. The van der Waals surface area contributed by atoms with Gasteiger partial charge in [-0.05, 0) is 45.5 Å². The molecule has 0 aliphatic heterocycles. The van der Waals surface area contributed by atoms with Crippen LogP contribution < -0.4 is 16.4 Å². The zero-order chi connectivity index (χ0) is 19.6. The topological polar surface area (TPSA) is 85.2 Å². The van der Waals surface area contributed by atoms with E-state index < -0.39 is 5.91 Å². The standard InChI is InChI=1S/C18H29BrN4O3/c1-10-7-13(11(2)12(3)18(10,4)5)21-14-8-20-23(17(25)16(14)19)9-15(24)22-26-6/h8,10-13,21H,7,9H2,1-6H3,(H,22,24)/t10-,11+,12+,13+/m0/s1. The van der Waals surface area contributed by atoms with Gasteiger partial charge in [-0.2, -0.15) is 5.10 Å². The van der Waals surface area contributed by atoms with Crippen molar-refractivity contribution in [2.75, 3.05) is 12.4 Å². The minimum Gasteiger partial charge on any atom is -0.380 e. The number of hydrogen-bond acceptors (Lipinski definition) is 5. The Labute approximate surface area is 163 Å². The summed E-state index contributed by atoms with van der Waals surface area (Å²) in [7, 11) is 1.34. The molecule has 8 heteroatoms. The predicted molar refractivity (Wildman–Crippen MR) is 105 cm³/mol. The number of nitrogens with one attached hydrogen (secondary N) is 2. The van der Waals surface area contributed by atoms with Gasteiger partial charge in [-0.15, -0.1) is 0 Å². The number of anilines is 1. The predicted octanol–water partition coefficient (Wildman–Crippen LogP) is 2.80. The van der Waals surface area contributed by atoms with E-state index in [4.69, 9.17) is 0 Å². The largest absolute Gasteiger partial charge is 0.380 e. The highest BCUT2D eigenvalue weighted by Gasteiger charge is 2.43. The normalized spacial score (nSPS) is 27.8. The number of aromatic nitrogens is 2. The van der Waals surface area contributed by atoms with Gasteiger partial charge in [0.05, 0.1) is 19.0 Å². The molecule has 26 heavy (non-hydrogen) atoms. The Morgan fingerprint density at radius 1 is 1.42 bits per heavy atom. The van der Waals surface area contributed by atoms with E-state index in [1.54, 1.807) is 6.20 Å². The van der Waals surface area contributed by atoms with E-state index in [-0.39, 0.29) is 23.6 Å². The molecule has 0 saturated heterocycles. The van der Waals surface area contributed by atoms with Crippen LogP contribution >= 0.6 is 15.9 Å². The van der Waals surface area contributed by atoms with Crippen LogP contribution in [-0.4, -0.2) is 28.8 Å². The van der Waals surface area contributed by atoms with E-state index >= 15 is 0 Å². The molecular formula is C18H29BrN4O3. The monoisotopic (exact) mass is 428 g/mol. The van der Waals surface area contributed by atoms with Crippen molar-refractivity contribution in [2.45, 2.75) is 53.6 Å². The van der Waals surface area contributed by atoms with Crippen molar-refractivity contribution < 1.29 is 9.63 Å². The third kappa shape index (κ3) is 4.11. The number of carbonyl (C=O) groups is 1. The van der Waals surface area contributed by atoms with Gasteiger partial charge in [-0.25, -0.2) is 10.2 Å². The molecule has 1 aromatic heterocycles. The molecule has 0 unspecified atom stereocenters. The third-order valence-electron chi connectivity index (χ3n) is 6.31. The lowest BCUT2D eigenvalue weighted by Crippen LogP contribution is -2.48. The molecule has 0 radical (unpaired) electrons. The highest BCUT2D eigenvalue weighted by molar-refractivity contribution is 9.10. The highest BCUT2D eigenvalue weighted by atomic mass is 79.9. The first-order chi connectivity index (χ1) is 12.1. The minimum absolute atomic E-state index is 0.201. The van der Waals surface area contributed by atoms with Gasteiger partial charge in [-0.3, -0.25) is 14.4 Å². The molecule has 1 aliphatic carbocycles.